The number of rotatable bonds is 4. The zero-order valence-corrected chi connectivity index (χ0v) is 10.8. The molecule has 0 amide bonds. The van der Waals surface area contributed by atoms with Crippen molar-refractivity contribution in [1.82, 2.24) is 5.32 Å². The number of furan rings is 1. The molecule has 1 aromatic heterocycles. The lowest BCUT2D eigenvalue weighted by atomic mass is 9.97. The lowest BCUT2D eigenvalue weighted by molar-refractivity contribution is 0.552. The van der Waals surface area contributed by atoms with Gasteiger partial charge in [0.2, 0.25) is 0 Å². The van der Waals surface area contributed by atoms with E-state index in [-0.39, 0.29) is 6.04 Å². The minimum absolute atomic E-state index is 0.137. The van der Waals surface area contributed by atoms with Gasteiger partial charge in [-0.15, -0.1) is 0 Å². The van der Waals surface area contributed by atoms with E-state index in [4.69, 9.17) is 16.0 Å². The normalized spacial score (nSPS) is 12.6. The molecular weight excluding hydrogens is 234 g/mol. The maximum Gasteiger partial charge on any atom is 0.0953 e. The fraction of sp³-hybridized carbons (Fsp3) is 0.286. The van der Waals surface area contributed by atoms with Gasteiger partial charge in [0.1, 0.15) is 0 Å². The largest absolute Gasteiger partial charge is 0.472 e. The van der Waals surface area contributed by atoms with Crippen LogP contribution in [0.3, 0.4) is 0 Å². The summed E-state index contributed by atoms with van der Waals surface area (Å²) in [4.78, 5) is 0. The van der Waals surface area contributed by atoms with Crippen LogP contribution in [0, 0.1) is 6.92 Å². The van der Waals surface area contributed by atoms with Crippen LogP contribution in [-0.4, -0.2) is 6.54 Å². The SMILES string of the molecule is CCNC(c1ccoc1)c1cccc(Cl)c1C. The zero-order chi connectivity index (χ0) is 12.3. The van der Waals surface area contributed by atoms with Crippen molar-refractivity contribution in [2.45, 2.75) is 19.9 Å². The number of hydrogen-bond acceptors (Lipinski definition) is 2. The van der Waals surface area contributed by atoms with E-state index >= 15 is 0 Å². The van der Waals surface area contributed by atoms with Gasteiger partial charge in [0.15, 0.2) is 0 Å². The van der Waals surface area contributed by atoms with E-state index in [0.29, 0.717) is 0 Å². The quantitative estimate of drug-likeness (QED) is 0.888. The summed E-state index contributed by atoms with van der Waals surface area (Å²) in [5.74, 6) is 0. The van der Waals surface area contributed by atoms with Gasteiger partial charge < -0.3 is 9.73 Å². The van der Waals surface area contributed by atoms with Gasteiger partial charge >= 0.3 is 0 Å². The van der Waals surface area contributed by atoms with Gasteiger partial charge in [-0.05, 0) is 36.7 Å². The lowest BCUT2D eigenvalue weighted by Crippen LogP contribution is -2.22. The van der Waals surface area contributed by atoms with Crippen molar-refractivity contribution in [3.05, 3.63) is 58.5 Å². The summed E-state index contributed by atoms with van der Waals surface area (Å²) >= 11 is 6.17. The average Bonchev–Trinajstić information content (AvgIpc) is 2.84. The molecule has 0 fully saturated rings. The molecule has 0 saturated heterocycles. The highest BCUT2D eigenvalue weighted by Gasteiger charge is 2.16. The lowest BCUT2D eigenvalue weighted by Gasteiger charge is -2.19. The monoisotopic (exact) mass is 249 g/mol. The molecule has 0 aliphatic heterocycles. The number of benzene rings is 1. The van der Waals surface area contributed by atoms with E-state index in [2.05, 4.69) is 18.3 Å². The minimum Gasteiger partial charge on any atom is -0.472 e. The van der Waals surface area contributed by atoms with Crippen LogP contribution in [0.15, 0.2) is 41.2 Å². The van der Waals surface area contributed by atoms with E-state index in [1.54, 1.807) is 12.5 Å². The van der Waals surface area contributed by atoms with Crippen LogP contribution in [0.2, 0.25) is 5.02 Å². The number of hydrogen-bond donors (Lipinski definition) is 1. The van der Waals surface area contributed by atoms with Gasteiger partial charge in [0.25, 0.3) is 0 Å². The standard InChI is InChI=1S/C14H16ClNO/c1-3-16-14(11-7-8-17-9-11)12-5-4-6-13(15)10(12)2/h4-9,14,16H,3H2,1-2H3. The van der Waals surface area contributed by atoms with Gasteiger partial charge in [0.05, 0.1) is 18.6 Å². The second-order valence-electron chi connectivity index (χ2n) is 4.00. The fourth-order valence-corrected chi connectivity index (χ4v) is 2.17. The molecule has 0 saturated carbocycles. The molecule has 17 heavy (non-hydrogen) atoms. The Balaban J connectivity index is 2.43. The molecule has 0 aliphatic carbocycles. The summed E-state index contributed by atoms with van der Waals surface area (Å²) in [6.45, 7) is 5.02. The van der Waals surface area contributed by atoms with Crippen LogP contribution >= 0.6 is 11.6 Å². The smallest absolute Gasteiger partial charge is 0.0953 e. The highest BCUT2D eigenvalue weighted by atomic mass is 35.5. The third kappa shape index (κ3) is 2.54. The molecule has 0 spiro atoms. The van der Waals surface area contributed by atoms with Crippen molar-refractivity contribution in [2.24, 2.45) is 0 Å². The Labute approximate surface area is 107 Å². The predicted octanol–water partition coefficient (Wildman–Crippen LogP) is 3.94. The van der Waals surface area contributed by atoms with E-state index in [1.807, 2.05) is 25.1 Å². The molecule has 90 valence electrons. The molecule has 0 aliphatic rings. The van der Waals surface area contributed by atoms with Gasteiger partial charge in [-0.2, -0.15) is 0 Å². The van der Waals surface area contributed by atoms with Gasteiger partial charge in [-0.3, -0.25) is 0 Å². The Hall–Kier alpha value is -1.25. The molecule has 1 atom stereocenters. The number of nitrogens with one attached hydrogen (secondary N) is 1. The first-order valence-electron chi connectivity index (χ1n) is 5.74. The first kappa shape index (κ1) is 12.2. The van der Waals surface area contributed by atoms with Crippen LogP contribution in [0.25, 0.3) is 0 Å². The topological polar surface area (TPSA) is 25.2 Å². The van der Waals surface area contributed by atoms with Crippen molar-refractivity contribution in [3.8, 4) is 0 Å². The Morgan fingerprint density at radius 3 is 2.82 bits per heavy atom. The fourth-order valence-electron chi connectivity index (χ4n) is 1.99. The van der Waals surface area contributed by atoms with Crippen LogP contribution < -0.4 is 5.32 Å². The molecular formula is C14H16ClNO. The third-order valence-corrected chi connectivity index (χ3v) is 3.31. The van der Waals surface area contributed by atoms with Crippen molar-refractivity contribution < 1.29 is 4.42 Å². The Morgan fingerprint density at radius 1 is 1.35 bits per heavy atom. The van der Waals surface area contributed by atoms with Crippen LogP contribution in [0.1, 0.15) is 29.7 Å². The molecule has 2 rings (SSSR count). The van der Waals surface area contributed by atoms with Crippen LogP contribution in [0.5, 0.6) is 0 Å². The zero-order valence-electron chi connectivity index (χ0n) is 10.0. The summed E-state index contributed by atoms with van der Waals surface area (Å²) in [5, 5.41) is 4.25. The van der Waals surface area contributed by atoms with E-state index in [9.17, 15) is 0 Å². The molecule has 3 heteroatoms. The first-order valence-corrected chi connectivity index (χ1v) is 6.12. The molecule has 1 aromatic carbocycles. The molecule has 1 unspecified atom stereocenters. The Bertz CT molecular complexity index is 479. The maximum absolute atomic E-state index is 6.17. The highest BCUT2D eigenvalue weighted by molar-refractivity contribution is 6.31. The molecule has 1 heterocycles. The highest BCUT2D eigenvalue weighted by Crippen LogP contribution is 2.28. The predicted molar refractivity (Wildman–Crippen MR) is 70.4 cm³/mol. The molecule has 2 aromatic rings. The first-order chi connectivity index (χ1) is 8.24. The summed E-state index contributed by atoms with van der Waals surface area (Å²) in [7, 11) is 0. The van der Waals surface area contributed by atoms with Crippen molar-refractivity contribution in [3.63, 3.8) is 0 Å². The van der Waals surface area contributed by atoms with Gasteiger partial charge in [-0.1, -0.05) is 30.7 Å². The Kier molecular flexibility index (Phi) is 3.87. The Morgan fingerprint density at radius 2 is 2.18 bits per heavy atom. The van der Waals surface area contributed by atoms with Crippen molar-refractivity contribution in [1.29, 1.82) is 0 Å². The van der Waals surface area contributed by atoms with E-state index < -0.39 is 0 Å². The van der Waals surface area contributed by atoms with Gasteiger partial charge in [0, 0.05) is 10.6 Å². The van der Waals surface area contributed by atoms with E-state index in [1.165, 1.54) is 5.56 Å². The van der Waals surface area contributed by atoms with Gasteiger partial charge in [-0.25, -0.2) is 0 Å². The molecule has 1 N–H and O–H groups in total. The second kappa shape index (κ2) is 5.39. The molecule has 2 nitrogen and oxygen atoms in total. The van der Waals surface area contributed by atoms with Crippen molar-refractivity contribution in [2.75, 3.05) is 6.54 Å². The minimum atomic E-state index is 0.137. The average molecular weight is 250 g/mol. The van der Waals surface area contributed by atoms with E-state index in [0.717, 1.165) is 22.7 Å². The second-order valence-corrected chi connectivity index (χ2v) is 4.41. The summed E-state index contributed by atoms with van der Waals surface area (Å²) < 4.78 is 5.16. The van der Waals surface area contributed by atoms with Crippen LogP contribution in [0.4, 0.5) is 0 Å². The molecule has 0 radical (unpaired) electrons. The third-order valence-electron chi connectivity index (χ3n) is 2.91. The molecule has 0 bridgehead atoms. The summed E-state index contributed by atoms with van der Waals surface area (Å²) in [6, 6.07) is 8.11. The summed E-state index contributed by atoms with van der Waals surface area (Å²) in [5.41, 5.74) is 3.43. The summed E-state index contributed by atoms with van der Waals surface area (Å²) in [6.07, 6.45) is 3.47. The number of halogens is 1. The van der Waals surface area contributed by atoms with Crippen molar-refractivity contribution >= 4 is 11.6 Å². The maximum atomic E-state index is 6.17. The van der Waals surface area contributed by atoms with Crippen LogP contribution in [-0.2, 0) is 0 Å².